The van der Waals surface area contributed by atoms with Crippen molar-refractivity contribution in [2.75, 3.05) is 0 Å². The number of halogens is 2. The van der Waals surface area contributed by atoms with E-state index in [-0.39, 0.29) is 0 Å². The monoisotopic (exact) mass is 325 g/mol. The van der Waals surface area contributed by atoms with Crippen LogP contribution in [-0.4, -0.2) is 24.3 Å². The van der Waals surface area contributed by atoms with Crippen molar-refractivity contribution in [3.05, 3.63) is 46.5 Å². The Morgan fingerprint density at radius 1 is 1.35 bits per heavy atom. The Hall–Kier alpha value is -0.843. The molecule has 3 nitrogen and oxygen atoms in total. The summed E-state index contributed by atoms with van der Waals surface area (Å²) in [4.78, 5) is 3.98. The Morgan fingerprint density at radius 2 is 2.20 bits per heavy atom. The molecular weight excluding hydrogens is 309 g/mol. The summed E-state index contributed by atoms with van der Waals surface area (Å²) in [5, 5.41) is 5.61. The molecule has 6 heteroatoms. The molecule has 0 spiro atoms. The molecule has 106 valence electrons. The first-order chi connectivity index (χ1) is 9.70. The lowest BCUT2D eigenvalue weighted by Crippen LogP contribution is -2.16. The first-order valence-corrected chi connectivity index (χ1v) is 8.75. The van der Waals surface area contributed by atoms with Gasteiger partial charge in [-0.15, -0.1) is 0 Å². The van der Waals surface area contributed by atoms with Gasteiger partial charge in [0.1, 0.15) is 12.7 Å². The van der Waals surface area contributed by atoms with Crippen LogP contribution in [0.15, 0.2) is 30.9 Å². The molecular formula is C14H17Cl2N3Si. The molecule has 0 bridgehead atoms. The van der Waals surface area contributed by atoms with E-state index in [0.29, 0.717) is 10.6 Å². The second-order valence-corrected chi connectivity index (χ2v) is 6.92. The fraction of sp³-hybridized carbons (Fsp3) is 0.429. The van der Waals surface area contributed by atoms with Crippen LogP contribution in [0.5, 0.6) is 0 Å². The molecule has 2 radical (unpaired) electrons. The molecule has 1 heterocycles. The first-order valence-electron chi connectivity index (χ1n) is 6.71. The Bertz CT molecular complexity index is 531. The van der Waals surface area contributed by atoms with Crippen LogP contribution >= 0.6 is 23.2 Å². The molecule has 0 amide bonds. The van der Waals surface area contributed by atoms with Gasteiger partial charge in [-0.1, -0.05) is 49.0 Å². The van der Waals surface area contributed by atoms with E-state index in [1.54, 1.807) is 12.7 Å². The van der Waals surface area contributed by atoms with Crippen LogP contribution < -0.4 is 0 Å². The number of rotatable bonds is 7. The van der Waals surface area contributed by atoms with Crippen molar-refractivity contribution in [3.8, 4) is 0 Å². The zero-order chi connectivity index (χ0) is 14.4. The standard InChI is InChI=1S/C14H17Cl2N3Si/c1-2-3-4-14(20-10-19-9-17-8-18-19)12-6-5-11(15)7-13(12)16/h5-9,14H,2-4,10H2,1H3. The zero-order valence-corrected chi connectivity index (χ0v) is 13.9. The number of nitrogens with zero attached hydrogens (tertiary/aromatic N) is 3. The first kappa shape index (κ1) is 15.5. The maximum Gasteiger partial charge on any atom is 0.137 e. The maximum absolute atomic E-state index is 6.35. The van der Waals surface area contributed by atoms with Crippen LogP contribution in [0.25, 0.3) is 0 Å². The number of aromatic nitrogens is 3. The SMILES string of the molecule is CCCCC([Si]Cn1cncn1)c1ccc(Cl)cc1Cl. The van der Waals surface area contributed by atoms with Crippen LogP contribution in [0.2, 0.25) is 10.0 Å². The molecule has 0 fully saturated rings. The molecule has 0 saturated heterocycles. The quantitative estimate of drug-likeness (QED) is 0.715. The summed E-state index contributed by atoms with van der Waals surface area (Å²) in [5.41, 5.74) is 1.66. The minimum atomic E-state index is 0.462. The van der Waals surface area contributed by atoms with E-state index in [4.69, 9.17) is 23.2 Å². The van der Waals surface area contributed by atoms with Crippen LogP contribution in [-0.2, 0) is 6.17 Å². The van der Waals surface area contributed by atoms with Gasteiger partial charge in [0.2, 0.25) is 0 Å². The molecule has 1 unspecified atom stereocenters. The minimum absolute atomic E-state index is 0.462. The van der Waals surface area contributed by atoms with Gasteiger partial charge >= 0.3 is 0 Å². The fourth-order valence-electron chi connectivity index (χ4n) is 2.08. The zero-order valence-electron chi connectivity index (χ0n) is 11.4. The molecule has 2 aromatic rings. The van der Waals surface area contributed by atoms with Crippen LogP contribution in [0, 0.1) is 0 Å². The van der Waals surface area contributed by atoms with Crippen molar-refractivity contribution in [1.29, 1.82) is 0 Å². The van der Waals surface area contributed by atoms with Gasteiger partial charge in [0.05, 0.1) is 9.52 Å². The fourth-order valence-corrected chi connectivity index (χ4v) is 4.16. The van der Waals surface area contributed by atoms with E-state index >= 15 is 0 Å². The van der Waals surface area contributed by atoms with E-state index in [1.165, 1.54) is 18.4 Å². The van der Waals surface area contributed by atoms with Crippen molar-refractivity contribution >= 4 is 32.7 Å². The van der Waals surface area contributed by atoms with Gasteiger partial charge in [-0.3, -0.25) is 4.68 Å². The van der Waals surface area contributed by atoms with Crippen molar-refractivity contribution in [2.45, 2.75) is 37.9 Å². The highest BCUT2D eigenvalue weighted by Crippen LogP contribution is 2.30. The average molecular weight is 326 g/mol. The van der Waals surface area contributed by atoms with Gasteiger partial charge in [-0.05, 0) is 29.7 Å². The Balaban J connectivity index is 2.09. The molecule has 1 aromatic carbocycles. The third-order valence-corrected chi connectivity index (χ3v) is 5.31. The molecule has 1 atom stereocenters. The summed E-state index contributed by atoms with van der Waals surface area (Å²) >= 11 is 12.3. The molecule has 20 heavy (non-hydrogen) atoms. The lowest BCUT2D eigenvalue weighted by Gasteiger charge is -2.18. The van der Waals surface area contributed by atoms with E-state index < -0.39 is 0 Å². The highest BCUT2D eigenvalue weighted by Gasteiger charge is 2.16. The van der Waals surface area contributed by atoms with Crippen molar-refractivity contribution < 1.29 is 0 Å². The molecule has 0 aliphatic carbocycles. The predicted molar refractivity (Wildman–Crippen MR) is 84.5 cm³/mol. The van der Waals surface area contributed by atoms with E-state index in [2.05, 4.69) is 23.1 Å². The van der Waals surface area contributed by atoms with E-state index in [0.717, 1.165) is 27.1 Å². The molecule has 1 aromatic heterocycles. The lowest BCUT2D eigenvalue weighted by atomic mass is 10.1. The van der Waals surface area contributed by atoms with Crippen LogP contribution in [0.4, 0.5) is 0 Å². The topological polar surface area (TPSA) is 30.7 Å². The largest absolute Gasteiger partial charge is 0.256 e. The maximum atomic E-state index is 6.35. The van der Waals surface area contributed by atoms with Gasteiger partial charge in [0.25, 0.3) is 0 Å². The lowest BCUT2D eigenvalue weighted by molar-refractivity contribution is 0.674. The summed E-state index contributed by atoms with van der Waals surface area (Å²) in [6.07, 6.45) is 7.75. The third kappa shape index (κ3) is 4.33. The van der Waals surface area contributed by atoms with Gasteiger partial charge in [0, 0.05) is 16.2 Å². The smallest absolute Gasteiger partial charge is 0.137 e. The Labute approximate surface area is 132 Å². The van der Waals surface area contributed by atoms with Crippen molar-refractivity contribution in [3.63, 3.8) is 0 Å². The minimum Gasteiger partial charge on any atom is -0.256 e. The molecule has 0 N–H and O–H groups in total. The number of unbranched alkanes of at least 4 members (excludes halogenated alkanes) is 1. The van der Waals surface area contributed by atoms with E-state index in [1.807, 2.05) is 16.8 Å². The van der Waals surface area contributed by atoms with E-state index in [9.17, 15) is 0 Å². The van der Waals surface area contributed by atoms with Gasteiger partial charge < -0.3 is 0 Å². The predicted octanol–water partition coefficient (Wildman–Crippen LogP) is 4.18. The summed E-state index contributed by atoms with van der Waals surface area (Å²) in [6, 6.07) is 5.80. The summed E-state index contributed by atoms with van der Waals surface area (Å²) in [7, 11) is 0.731. The highest BCUT2D eigenvalue weighted by molar-refractivity contribution is 6.39. The average Bonchev–Trinajstić information content (AvgIpc) is 2.93. The molecule has 0 aliphatic rings. The second-order valence-electron chi connectivity index (χ2n) is 4.66. The van der Waals surface area contributed by atoms with Crippen LogP contribution in [0.1, 0.15) is 37.3 Å². The van der Waals surface area contributed by atoms with Crippen molar-refractivity contribution in [1.82, 2.24) is 14.8 Å². The Kier molecular flexibility index (Phi) is 6.07. The summed E-state index contributed by atoms with van der Waals surface area (Å²) < 4.78 is 1.88. The Morgan fingerprint density at radius 3 is 2.85 bits per heavy atom. The highest BCUT2D eigenvalue weighted by atomic mass is 35.5. The van der Waals surface area contributed by atoms with Gasteiger partial charge in [0.15, 0.2) is 0 Å². The van der Waals surface area contributed by atoms with Crippen molar-refractivity contribution in [2.24, 2.45) is 0 Å². The number of benzene rings is 1. The molecule has 0 saturated carbocycles. The second kappa shape index (κ2) is 7.81. The number of hydrogen-bond acceptors (Lipinski definition) is 2. The molecule has 0 aliphatic heterocycles. The summed E-state index contributed by atoms with van der Waals surface area (Å²) in [5.74, 6) is 0. The van der Waals surface area contributed by atoms with Crippen LogP contribution in [0.3, 0.4) is 0 Å². The third-order valence-electron chi connectivity index (χ3n) is 3.15. The van der Waals surface area contributed by atoms with Gasteiger partial charge in [-0.2, -0.15) is 5.10 Å². The molecule has 2 rings (SSSR count). The summed E-state index contributed by atoms with van der Waals surface area (Å²) in [6.45, 7) is 2.21. The van der Waals surface area contributed by atoms with Gasteiger partial charge in [-0.25, -0.2) is 4.98 Å². The number of hydrogen-bond donors (Lipinski definition) is 0. The normalized spacial score (nSPS) is 12.6.